The van der Waals surface area contributed by atoms with Gasteiger partial charge in [0.05, 0.1) is 16.2 Å². The number of carboxylic acid groups (broad SMARTS) is 1. The fourth-order valence-electron chi connectivity index (χ4n) is 1.30. The lowest BCUT2D eigenvalue weighted by molar-refractivity contribution is 0.0696. The second-order valence-electron chi connectivity index (χ2n) is 3.46. The molecule has 0 aliphatic heterocycles. The lowest BCUT2D eigenvalue weighted by Gasteiger charge is -2.04. The third-order valence-corrected chi connectivity index (χ3v) is 3.97. The highest BCUT2D eigenvalue weighted by Gasteiger charge is 2.15. The third kappa shape index (κ3) is 3.61. The highest BCUT2D eigenvalue weighted by molar-refractivity contribution is 7.91. The molecule has 1 aromatic rings. The largest absolute Gasteiger partial charge is 0.478 e. The molecule has 0 amide bonds. The van der Waals surface area contributed by atoms with Crippen molar-refractivity contribution in [3.63, 3.8) is 0 Å². The molecule has 0 bridgehead atoms. The Morgan fingerprint density at radius 2 is 2.12 bits per heavy atom. The maximum atomic E-state index is 11.8. The number of hydrogen-bond acceptors (Lipinski definition) is 3. The van der Waals surface area contributed by atoms with E-state index in [1.54, 1.807) is 0 Å². The van der Waals surface area contributed by atoms with Crippen molar-refractivity contribution in [2.45, 2.75) is 17.7 Å². The van der Waals surface area contributed by atoms with Gasteiger partial charge in [-0.25, -0.2) is 13.2 Å². The van der Waals surface area contributed by atoms with Gasteiger partial charge in [-0.1, -0.05) is 6.07 Å². The molecule has 0 saturated carbocycles. The minimum atomic E-state index is -3.45. The minimum Gasteiger partial charge on any atom is -0.478 e. The van der Waals surface area contributed by atoms with Gasteiger partial charge in [0.15, 0.2) is 9.84 Å². The van der Waals surface area contributed by atoms with Crippen molar-refractivity contribution in [1.29, 1.82) is 0 Å². The summed E-state index contributed by atoms with van der Waals surface area (Å²) in [5, 5.41) is 8.77. The number of aromatic carboxylic acids is 1. The lowest BCUT2D eigenvalue weighted by Crippen LogP contribution is -2.08. The van der Waals surface area contributed by atoms with Crippen molar-refractivity contribution in [1.82, 2.24) is 0 Å². The van der Waals surface area contributed by atoms with Gasteiger partial charge in [-0.05, 0) is 24.6 Å². The summed E-state index contributed by atoms with van der Waals surface area (Å²) in [5.74, 6) is 1.15. The number of unbranched alkanes of at least 4 members (excludes halogenated alkanes) is 1. The predicted molar refractivity (Wildman–Crippen MR) is 63.5 cm³/mol. The summed E-state index contributed by atoms with van der Waals surface area (Å²) in [6, 6.07) is 5.31. The number of carbonyl (C=O) groups is 1. The fraction of sp³-hybridized carbons (Fsp3) is 0.250. The Labute approximate surface area is 100 Å². The van der Waals surface area contributed by atoms with Crippen LogP contribution >= 0.6 is 0 Å². The quantitative estimate of drug-likeness (QED) is 0.638. The molecule has 0 heterocycles. The first-order valence-corrected chi connectivity index (χ1v) is 6.62. The van der Waals surface area contributed by atoms with Crippen LogP contribution in [0.5, 0.6) is 0 Å². The van der Waals surface area contributed by atoms with Gasteiger partial charge in [0.1, 0.15) is 0 Å². The Morgan fingerprint density at radius 3 is 2.71 bits per heavy atom. The number of sulfone groups is 1. The number of hydrogen-bond donors (Lipinski definition) is 1. The van der Waals surface area contributed by atoms with Crippen LogP contribution in [-0.2, 0) is 9.84 Å². The zero-order valence-electron chi connectivity index (χ0n) is 9.09. The maximum Gasteiger partial charge on any atom is 0.335 e. The van der Waals surface area contributed by atoms with Crippen LogP contribution in [0.4, 0.5) is 0 Å². The molecular formula is C12H12O4S. The van der Waals surface area contributed by atoms with E-state index in [4.69, 9.17) is 11.5 Å². The topological polar surface area (TPSA) is 71.4 Å². The Bertz CT molecular complexity index is 552. The van der Waals surface area contributed by atoms with Crippen LogP contribution in [0.2, 0.25) is 0 Å². The molecule has 0 fully saturated rings. The summed E-state index contributed by atoms with van der Waals surface area (Å²) >= 11 is 0. The lowest BCUT2D eigenvalue weighted by atomic mass is 10.2. The van der Waals surface area contributed by atoms with Crippen LogP contribution in [-0.4, -0.2) is 25.2 Å². The average molecular weight is 252 g/mol. The molecule has 0 radical (unpaired) electrons. The van der Waals surface area contributed by atoms with Gasteiger partial charge in [-0.2, -0.15) is 0 Å². The molecule has 0 aliphatic carbocycles. The molecule has 5 heteroatoms. The first-order chi connectivity index (χ1) is 7.97. The van der Waals surface area contributed by atoms with Gasteiger partial charge < -0.3 is 5.11 Å². The fourth-order valence-corrected chi connectivity index (χ4v) is 2.66. The summed E-state index contributed by atoms with van der Waals surface area (Å²) in [6.45, 7) is 0. The first kappa shape index (κ1) is 13.3. The summed E-state index contributed by atoms with van der Waals surface area (Å²) in [4.78, 5) is 10.7. The van der Waals surface area contributed by atoms with Crippen LogP contribution in [0, 0.1) is 12.3 Å². The van der Waals surface area contributed by atoms with Gasteiger partial charge in [0, 0.05) is 6.42 Å². The highest BCUT2D eigenvalue weighted by Crippen LogP contribution is 2.14. The smallest absolute Gasteiger partial charge is 0.335 e. The molecule has 4 nitrogen and oxygen atoms in total. The Morgan fingerprint density at radius 1 is 1.41 bits per heavy atom. The zero-order valence-corrected chi connectivity index (χ0v) is 9.90. The van der Waals surface area contributed by atoms with Crippen molar-refractivity contribution in [3.8, 4) is 12.3 Å². The second-order valence-corrected chi connectivity index (χ2v) is 5.57. The number of benzene rings is 1. The third-order valence-electron chi connectivity index (χ3n) is 2.17. The molecule has 17 heavy (non-hydrogen) atoms. The van der Waals surface area contributed by atoms with E-state index in [2.05, 4.69) is 5.92 Å². The van der Waals surface area contributed by atoms with Gasteiger partial charge in [-0.15, -0.1) is 12.3 Å². The summed E-state index contributed by atoms with van der Waals surface area (Å²) in [6.07, 6.45) is 5.80. The molecule has 0 aromatic heterocycles. The molecule has 90 valence electrons. The van der Waals surface area contributed by atoms with E-state index in [9.17, 15) is 13.2 Å². The Kier molecular flexibility index (Phi) is 4.30. The number of carboxylic acids is 1. The average Bonchev–Trinajstić information content (AvgIpc) is 2.29. The monoisotopic (exact) mass is 252 g/mol. The van der Waals surface area contributed by atoms with Crippen LogP contribution in [0.3, 0.4) is 0 Å². The van der Waals surface area contributed by atoms with E-state index < -0.39 is 15.8 Å². The molecular weight excluding hydrogens is 240 g/mol. The zero-order chi connectivity index (χ0) is 12.9. The molecule has 0 saturated heterocycles. The van der Waals surface area contributed by atoms with Crippen LogP contribution in [0.25, 0.3) is 0 Å². The van der Waals surface area contributed by atoms with Crippen molar-refractivity contribution < 1.29 is 18.3 Å². The maximum absolute atomic E-state index is 11.8. The Balaban J connectivity index is 2.96. The predicted octanol–water partition coefficient (Wildman–Crippen LogP) is 1.57. The number of terminal acetylenes is 1. The SMILES string of the molecule is C#CCCCS(=O)(=O)c1cccc(C(=O)O)c1. The molecule has 0 aliphatic rings. The summed E-state index contributed by atoms with van der Waals surface area (Å²) in [7, 11) is -3.45. The second kappa shape index (κ2) is 5.51. The van der Waals surface area contributed by atoms with Gasteiger partial charge in [-0.3, -0.25) is 0 Å². The van der Waals surface area contributed by atoms with Gasteiger partial charge >= 0.3 is 5.97 Å². The molecule has 1 rings (SSSR count). The van der Waals surface area contributed by atoms with Crippen molar-refractivity contribution in [2.75, 3.05) is 5.75 Å². The Hall–Kier alpha value is -1.80. The van der Waals surface area contributed by atoms with E-state index >= 15 is 0 Å². The molecule has 0 atom stereocenters. The molecule has 0 spiro atoms. The van der Waals surface area contributed by atoms with E-state index in [1.807, 2.05) is 0 Å². The standard InChI is InChI=1S/C12H12O4S/c1-2-3-4-8-17(15,16)11-7-5-6-10(9-11)12(13)14/h1,5-7,9H,3-4,8H2,(H,13,14). The van der Waals surface area contributed by atoms with Crippen molar-refractivity contribution in [2.24, 2.45) is 0 Å². The van der Waals surface area contributed by atoms with Gasteiger partial charge in [0.2, 0.25) is 0 Å². The summed E-state index contributed by atoms with van der Waals surface area (Å²) < 4.78 is 23.6. The molecule has 1 N–H and O–H groups in total. The van der Waals surface area contributed by atoms with Crippen LogP contribution < -0.4 is 0 Å². The van der Waals surface area contributed by atoms with E-state index in [0.717, 1.165) is 6.07 Å². The normalized spacial score (nSPS) is 10.8. The first-order valence-electron chi connectivity index (χ1n) is 4.97. The van der Waals surface area contributed by atoms with E-state index in [-0.39, 0.29) is 16.2 Å². The van der Waals surface area contributed by atoms with E-state index in [0.29, 0.717) is 12.8 Å². The molecule has 0 unspecified atom stereocenters. The van der Waals surface area contributed by atoms with Gasteiger partial charge in [0.25, 0.3) is 0 Å². The molecule has 1 aromatic carbocycles. The number of rotatable bonds is 5. The van der Waals surface area contributed by atoms with E-state index in [1.165, 1.54) is 18.2 Å². The minimum absolute atomic E-state index is 0.0226. The summed E-state index contributed by atoms with van der Waals surface area (Å²) in [5.41, 5.74) is -0.0389. The van der Waals surface area contributed by atoms with Crippen molar-refractivity contribution in [3.05, 3.63) is 29.8 Å². The van der Waals surface area contributed by atoms with Crippen LogP contribution in [0.15, 0.2) is 29.2 Å². The van der Waals surface area contributed by atoms with Crippen LogP contribution in [0.1, 0.15) is 23.2 Å². The van der Waals surface area contributed by atoms with Crippen molar-refractivity contribution >= 4 is 15.8 Å². The highest BCUT2D eigenvalue weighted by atomic mass is 32.2.